The summed E-state index contributed by atoms with van der Waals surface area (Å²) in [5, 5.41) is 0. The first-order valence-electron chi connectivity index (χ1n) is 11.9. The van der Waals surface area contributed by atoms with Crippen molar-refractivity contribution in [2.24, 2.45) is 0 Å². The monoisotopic (exact) mass is 468 g/mol. The topological polar surface area (TPSA) is 46.2 Å². The number of ether oxygens (including phenoxy) is 4. The van der Waals surface area contributed by atoms with Gasteiger partial charge >= 0.3 is 0 Å². The highest BCUT2D eigenvalue weighted by molar-refractivity contribution is 6.71. The summed E-state index contributed by atoms with van der Waals surface area (Å²) in [4.78, 5) is 0. The minimum absolute atomic E-state index is 0.239. The number of fused-ring (bicyclic) bond motifs is 1. The van der Waals surface area contributed by atoms with E-state index >= 15 is 0 Å². The zero-order valence-electron chi connectivity index (χ0n) is 19.9. The van der Waals surface area contributed by atoms with E-state index in [9.17, 15) is 0 Å². The van der Waals surface area contributed by atoms with Crippen molar-refractivity contribution in [1.82, 2.24) is 0 Å². The summed E-state index contributed by atoms with van der Waals surface area (Å²) in [6.07, 6.45) is 4.72. The highest BCUT2D eigenvalue weighted by Gasteiger charge is 2.49. The Morgan fingerprint density at radius 1 is 0.879 bits per heavy atom. The van der Waals surface area contributed by atoms with E-state index < -0.39 is 20.7 Å². The van der Waals surface area contributed by atoms with Crippen LogP contribution in [0.5, 0.6) is 0 Å². The van der Waals surface area contributed by atoms with Crippen LogP contribution in [0.1, 0.15) is 24.0 Å². The van der Waals surface area contributed by atoms with Crippen molar-refractivity contribution in [1.29, 1.82) is 0 Å². The summed E-state index contributed by atoms with van der Waals surface area (Å²) in [7, 11) is -0.245. The van der Waals surface area contributed by atoms with Crippen molar-refractivity contribution in [2.45, 2.75) is 75.9 Å². The second kappa shape index (κ2) is 11.6. The average Bonchev–Trinajstić information content (AvgIpc) is 2.90. The van der Waals surface area contributed by atoms with Crippen molar-refractivity contribution < 1.29 is 23.4 Å². The quantitative estimate of drug-likeness (QED) is 0.398. The molecule has 5 atom stereocenters. The van der Waals surface area contributed by atoms with Crippen molar-refractivity contribution in [2.75, 3.05) is 7.11 Å². The van der Waals surface area contributed by atoms with E-state index in [4.69, 9.17) is 23.4 Å². The Labute approximate surface area is 198 Å². The van der Waals surface area contributed by atoms with Gasteiger partial charge in [-0.2, -0.15) is 0 Å². The number of methoxy groups -OCH3 is 1. The van der Waals surface area contributed by atoms with E-state index in [0.717, 1.165) is 30.0 Å². The van der Waals surface area contributed by atoms with Crippen LogP contribution in [0.4, 0.5) is 0 Å². The van der Waals surface area contributed by atoms with Crippen molar-refractivity contribution in [3.05, 3.63) is 83.9 Å². The van der Waals surface area contributed by atoms with E-state index in [1.807, 2.05) is 36.4 Å². The van der Waals surface area contributed by atoms with Gasteiger partial charge in [0.15, 0.2) is 14.6 Å². The van der Waals surface area contributed by atoms with Crippen molar-refractivity contribution >= 4 is 8.32 Å². The largest absolute Gasteiger partial charge is 0.409 e. The van der Waals surface area contributed by atoms with Crippen molar-refractivity contribution in [3.63, 3.8) is 0 Å². The summed E-state index contributed by atoms with van der Waals surface area (Å²) < 4.78 is 32.0. The Kier molecular flexibility index (Phi) is 8.52. The van der Waals surface area contributed by atoms with Crippen LogP contribution in [-0.4, -0.2) is 46.1 Å². The van der Waals surface area contributed by atoms with Crippen LogP contribution in [0, 0.1) is 0 Å². The molecule has 2 aromatic rings. The smallest absolute Gasteiger partial charge is 0.187 e. The maximum absolute atomic E-state index is 6.84. The molecule has 2 aliphatic heterocycles. The number of rotatable bonds is 7. The normalized spacial score (nSPS) is 30.5. The van der Waals surface area contributed by atoms with Gasteiger partial charge in [-0.25, -0.2) is 0 Å². The Balaban J connectivity index is 1.61. The lowest BCUT2D eigenvalue weighted by atomic mass is 9.97. The summed E-state index contributed by atoms with van der Waals surface area (Å²) in [6.45, 7) is 5.50. The lowest BCUT2D eigenvalue weighted by Crippen LogP contribution is -2.62. The molecule has 0 aliphatic carbocycles. The molecule has 2 aromatic carbocycles. The number of hydrogen-bond donors (Lipinski definition) is 0. The summed E-state index contributed by atoms with van der Waals surface area (Å²) in [5.74, 6) is 0. The van der Waals surface area contributed by atoms with Gasteiger partial charge < -0.3 is 23.4 Å². The van der Waals surface area contributed by atoms with Crippen LogP contribution < -0.4 is 0 Å². The number of allylic oxidation sites excluding steroid dienone is 1. The second-order valence-corrected chi connectivity index (χ2v) is 13.6. The Morgan fingerprint density at radius 2 is 1.48 bits per heavy atom. The van der Waals surface area contributed by atoms with E-state index in [-0.39, 0.29) is 18.3 Å². The van der Waals surface area contributed by atoms with Crippen molar-refractivity contribution in [3.8, 4) is 0 Å². The molecular formula is C27H36O5Si. The van der Waals surface area contributed by atoms with Gasteiger partial charge in [-0.15, -0.1) is 0 Å². The molecule has 0 aromatic heterocycles. The third-order valence-electron chi connectivity index (χ3n) is 6.26. The van der Waals surface area contributed by atoms with Crippen LogP contribution in [0.15, 0.2) is 72.8 Å². The van der Waals surface area contributed by atoms with Crippen LogP contribution >= 0.6 is 0 Å². The molecule has 2 aliphatic rings. The van der Waals surface area contributed by atoms with E-state index in [1.165, 1.54) is 0 Å². The Bertz CT molecular complexity index is 873. The lowest BCUT2D eigenvalue weighted by Gasteiger charge is -2.47. The first kappa shape index (κ1) is 24.3. The number of benzene rings is 2. The number of hydrogen-bond acceptors (Lipinski definition) is 5. The molecule has 0 N–H and O–H groups in total. The van der Waals surface area contributed by atoms with Gasteiger partial charge in [0.25, 0.3) is 0 Å². The third-order valence-corrected chi connectivity index (χ3v) is 8.73. The summed E-state index contributed by atoms with van der Waals surface area (Å²) in [6, 6.07) is 21.5. The van der Waals surface area contributed by atoms with Crippen LogP contribution in [-0.2, 0) is 36.6 Å². The first-order valence-corrected chi connectivity index (χ1v) is 15.0. The molecule has 0 bridgehead atoms. The summed E-state index contributed by atoms with van der Waals surface area (Å²) >= 11 is 0. The van der Waals surface area contributed by atoms with Gasteiger partial charge in [0.2, 0.25) is 0 Å². The predicted molar refractivity (Wildman–Crippen MR) is 131 cm³/mol. The SMILES string of the molecule is CO[C@H]1O[C@@H]2/C=C\CCC[Si](C)(C)O[C@H]2[C@H](OCc2ccccc2)[C@H]1OCc1ccccc1. The lowest BCUT2D eigenvalue weighted by molar-refractivity contribution is -0.299. The van der Waals surface area contributed by atoms with Crippen LogP contribution in [0.2, 0.25) is 19.1 Å². The molecular weight excluding hydrogens is 432 g/mol. The van der Waals surface area contributed by atoms with E-state index in [2.05, 4.69) is 49.5 Å². The molecule has 0 amide bonds. The minimum Gasteiger partial charge on any atom is -0.409 e. The van der Waals surface area contributed by atoms with Gasteiger partial charge in [-0.3, -0.25) is 0 Å². The van der Waals surface area contributed by atoms with Gasteiger partial charge in [-0.1, -0.05) is 79.2 Å². The van der Waals surface area contributed by atoms with Crippen LogP contribution in [0.25, 0.3) is 0 Å². The molecule has 6 heteroatoms. The fourth-order valence-corrected chi connectivity index (χ4v) is 6.70. The molecule has 1 fully saturated rings. The molecule has 5 nitrogen and oxygen atoms in total. The molecule has 1 saturated heterocycles. The molecule has 0 spiro atoms. The highest BCUT2D eigenvalue weighted by atomic mass is 28.4. The average molecular weight is 469 g/mol. The second-order valence-electron chi connectivity index (χ2n) is 9.39. The van der Waals surface area contributed by atoms with E-state index in [0.29, 0.717) is 13.2 Å². The molecule has 0 unspecified atom stereocenters. The zero-order chi connectivity index (χ0) is 23.1. The molecule has 33 heavy (non-hydrogen) atoms. The van der Waals surface area contributed by atoms with Gasteiger partial charge in [-0.05, 0) is 36.7 Å². The fraction of sp³-hybridized carbons (Fsp3) is 0.481. The molecule has 2 heterocycles. The standard InChI is InChI=1S/C27H36O5Si/c1-28-27-26(30-20-22-15-9-5-10-16-22)25(29-19-21-13-7-4-8-14-21)24-23(31-27)17-11-6-12-18-33(2,3)32-24/h4-5,7-11,13-17,23-27H,6,12,18-20H2,1-3H3/b17-11-/t23-,24-,25+,26-,27+/m1/s1. The molecule has 4 rings (SSSR count). The zero-order valence-corrected chi connectivity index (χ0v) is 20.9. The first-order chi connectivity index (χ1) is 16.1. The Morgan fingerprint density at radius 3 is 2.09 bits per heavy atom. The summed E-state index contributed by atoms with van der Waals surface area (Å²) in [5.41, 5.74) is 2.22. The maximum Gasteiger partial charge on any atom is 0.187 e. The fourth-order valence-electron chi connectivity index (χ4n) is 4.52. The van der Waals surface area contributed by atoms with Gasteiger partial charge in [0, 0.05) is 7.11 Å². The highest BCUT2D eigenvalue weighted by Crippen LogP contribution is 2.34. The third kappa shape index (κ3) is 6.63. The molecule has 0 saturated carbocycles. The molecule has 178 valence electrons. The predicted octanol–water partition coefficient (Wildman–Crippen LogP) is 5.47. The minimum atomic E-state index is -1.91. The van der Waals surface area contributed by atoms with E-state index in [1.54, 1.807) is 7.11 Å². The van der Waals surface area contributed by atoms with Gasteiger partial charge in [0.1, 0.15) is 24.4 Å². The maximum atomic E-state index is 6.84. The van der Waals surface area contributed by atoms with Gasteiger partial charge in [0.05, 0.1) is 13.2 Å². The Hall–Kier alpha value is -1.80. The van der Waals surface area contributed by atoms with Crippen LogP contribution in [0.3, 0.4) is 0 Å². The molecule has 0 radical (unpaired) electrons.